The summed E-state index contributed by atoms with van der Waals surface area (Å²) in [6.45, 7) is 4.96. The number of ether oxygens (including phenoxy) is 1. The Morgan fingerprint density at radius 2 is 1.89 bits per heavy atom. The third-order valence-electron chi connectivity index (χ3n) is 5.10. The highest BCUT2D eigenvalue weighted by Crippen LogP contribution is 2.26. The van der Waals surface area contributed by atoms with E-state index in [2.05, 4.69) is 36.1 Å². The van der Waals surface area contributed by atoms with Gasteiger partial charge in [0.15, 0.2) is 0 Å². The highest BCUT2D eigenvalue weighted by Gasteiger charge is 2.24. The summed E-state index contributed by atoms with van der Waals surface area (Å²) in [5, 5.41) is 9.21. The summed E-state index contributed by atoms with van der Waals surface area (Å²) in [4.78, 5) is 13.4. The van der Waals surface area contributed by atoms with E-state index >= 15 is 0 Å². The van der Waals surface area contributed by atoms with Crippen LogP contribution in [0.5, 0.6) is 0 Å². The predicted octanol–water partition coefficient (Wildman–Crippen LogP) is 4.62. The molecule has 0 saturated carbocycles. The Kier molecular flexibility index (Phi) is 8.55. The lowest BCUT2D eigenvalue weighted by Crippen LogP contribution is -2.40. The Morgan fingerprint density at radius 1 is 1.18 bits per heavy atom. The first-order valence-electron chi connectivity index (χ1n) is 9.53. The number of aryl methyl sites for hydroxylation is 1. The van der Waals surface area contributed by atoms with Crippen molar-refractivity contribution in [2.45, 2.75) is 19.8 Å². The Hall–Kier alpha value is -2.30. The van der Waals surface area contributed by atoms with Crippen LogP contribution >= 0.6 is 12.4 Å². The predicted molar refractivity (Wildman–Crippen MR) is 115 cm³/mol. The number of nitrogens with zero attached hydrogens (tertiary/aromatic N) is 1. The van der Waals surface area contributed by atoms with Gasteiger partial charge in [0.05, 0.1) is 12.2 Å². The molecule has 0 bridgehead atoms. The number of benzene rings is 2. The molecule has 0 spiro atoms. The van der Waals surface area contributed by atoms with Crippen LogP contribution in [0.25, 0.3) is 5.57 Å². The third-order valence-corrected chi connectivity index (χ3v) is 5.10. The molecule has 5 heteroatoms. The van der Waals surface area contributed by atoms with Crippen molar-refractivity contribution < 1.29 is 14.6 Å². The lowest BCUT2D eigenvalue weighted by atomic mass is 9.95. The fraction of sp³-hybridized carbons (Fsp3) is 0.348. The second-order valence-corrected chi connectivity index (χ2v) is 7.06. The first kappa shape index (κ1) is 22.0. The first-order valence-corrected chi connectivity index (χ1v) is 9.53. The van der Waals surface area contributed by atoms with E-state index in [0.717, 1.165) is 42.6 Å². The van der Waals surface area contributed by atoms with Crippen molar-refractivity contribution in [3.63, 3.8) is 0 Å². The van der Waals surface area contributed by atoms with E-state index in [4.69, 9.17) is 4.74 Å². The lowest BCUT2D eigenvalue weighted by Gasteiger charge is -2.30. The monoisotopic (exact) mass is 401 g/mol. The van der Waals surface area contributed by atoms with Crippen molar-refractivity contribution in [2.24, 2.45) is 5.92 Å². The minimum atomic E-state index is -0.688. The van der Waals surface area contributed by atoms with Gasteiger partial charge in [-0.15, -0.1) is 12.4 Å². The molecule has 1 atom stereocenters. The van der Waals surface area contributed by atoms with Crippen LogP contribution in [-0.4, -0.2) is 42.2 Å². The van der Waals surface area contributed by atoms with Crippen molar-refractivity contribution in [2.75, 3.05) is 26.2 Å². The van der Waals surface area contributed by atoms with Crippen LogP contribution in [0.15, 0.2) is 60.9 Å². The number of halogens is 1. The van der Waals surface area contributed by atoms with Gasteiger partial charge >= 0.3 is 5.97 Å². The van der Waals surface area contributed by atoms with Gasteiger partial charge in [-0.25, -0.2) is 0 Å². The lowest BCUT2D eigenvalue weighted by molar-refractivity contribution is -0.143. The van der Waals surface area contributed by atoms with Gasteiger partial charge in [-0.2, -0.15) is 0 Å². The maximum absolute atomic E-state index is 11.2. The normalized spacial score (nSPS) is 17.6. The zero-order chi connectivity index (χ0) is 19.1. The summed E-state index contributed by atoms with van der Waals surface area (Å²) in [7, 11) is 0. The molecule has 1 N–H and O–H groups in total. The Labute approximate surface area is 173 Å². The van der Waals surface area contributed by atoms with Crippen LogP contribution in [0, 0.1) is 12.8 Å². The summed E-state index contributed by atoms with van der Waals surface area (Å²) >= 11 is 0. The zero-order valence-corrected chi connectivity index (χ0v) is 17.0. The van der Waals surface area contributed by atoms with Crippen molar-refractivity contribution >= 4 is 23.9 Å². The molecule has 1 aliphatic heterocycles. The van der Waals surface area contributed by atoms with E-state index in [1.54, 1.807) is 0 Å². The number of likely N-dealkylation sites (tertiary alicyclic amines) is 1. The number of hydrogen-bond donors (Lipinski definition) is 1. The average molecular weight is 402 g/mol. The van der Waals surface area contributed by atoms with Crippen LogP contribution in [0.4, 0.5) is 0 Å². The average Bonchev–Trinajstić information content (AvgIpc) is 2.70. The topological polar surface area (TPSA) is 49.8 Å². The highest BCUT2D eigenvalue weighted by molar-refractivity contribution is 5.85. The minimum Gasteiger partial charge on any atom is -0.499 e. The van der Waals surface area contributed by atoms with Gasteiger partial charge in [-0.3, -0.25) is 9.69 Å². The first-order chi connectivity index (χ1) is 13.1. The molecule has 1 heterocycles. The second-order valence-electron chi connectivity index (χ2n) is 7.06. The van der Waals surface area contributed by atoms with Crippen LogP contribution in [0.3, 0.4) is 0 Å². The van der Waals surface area contributed by atoms with Crippen molar-refractivity contribution in [3.8, 4) is 0 Å². The number of rotatable bonds is 7. The summed E-state index contributed by atoms with van der Waals surface area (Å²) in [6.07, 6.45) is 3.56. The van der Waals surface area contributed by atoms with Crippen LogP contribution in [0.1, 0.15) is 29.5 Å². The van der Waals surface area contributed by atoms with Gasteiger partial charge in [0, 0.05) is 18.7 Å². The van der Waals surface area contributed by atoms with E-state index in [-0.39, 0.29) is 18.3 Å². The van der Waals surface area contributed by atoms with Crippen molar-refractivity contribution in [1.29, 1.82) is 0 Å². The number of piperidine rings is 1. The van der Waals surface area contributed by atoms with Gasteiger partial charge in [-0.1, -0.05) is 54.6 Å². The molecule has 0 aromatic heterocycles. The maximum atomic E-state index is 11.2. The van der Waals surface area contributed by atoms with Crippen molar-refractivity contribution in [3.05, 3.63) is 77.5 Å². The molecule has 0 aliphatic carbocycles. The van der Waals surface area contributed by atoms with Crippen molar-refractivity contribution in [1.82, 2.24) is 4.90 Å². The molecular weight excluding hydrogens is 374 g/mol. The Balaban J connectivity index is 0.00000280. The largest absolute Gasteiger partial charge is 0.499 e. The number of carbonyl (C=O) groups is 1. The summed E-state index contributed by atoms with van der Waals surface area (Å²) in [6, 6.07) is 18.5. The molecule has 150 valence electrons. The summed E-state index contributed by atoms with van der Waals surface area (Å²) in [5.41, 5.74) is 4.55. The molecular formula is C23H28ClNO3. The van der Waals surface area contributed by atoms with E-state index in [1.165, 1.54) is 5.56 Å². The molecule has 28 heavy (non-hydrogen) atoms. The molecule has 2 aromatic carbocycles. The zero-order valence-electron chi connectivity index (χ0n) is 16.2. The van der Waals surface area contributed by atoms with E-state index in [0.29, 0.717) is 13.2 Å². The Morgan fingerprint density at radius 3 is 2.61 bits per heavy atom. The van der Waals surface area contributed by atoms with Gasteiger partial charge in [0.2, 0.25) is 0 Å². The van der Waals surface area contributed by atoms with E-state index in [1.807, 2.05) is 36.6 Å². The van der Waals surface area contributed by atoms with Gasteiger partial charge in [0.1, 0.15) is 6.61 Å². The molecule has 3 rings (SSSR count). The van der Waals surface area contributed by atoms with Gasteiger partial charge in [0.25, 0.3) is 0 Å². The summed E-state index contributed by atoms with van der Waals surface area (Å²) in [5.74, 6) is -0.937. The van der Waals surface area contributed by atoms with Crippen LogP contribution in [-0.2, 0) is 9.53 Å². The highest BCUT2D eigenvalue weighted by atomic mass is 35.5. The standard InChI is InChI=1S/C23H27NO3.ClH/c1-18-8-5-6-12-21(18)22(19-9-3-2-4-10-19)17-27-15-14-24-13-7-11-20(16-24)23(25)26;/h2-6,8-10,12,17,20H,7,11,13-16H2,1H3,(H,25,26);1H. The molecule has 0 radical (unpaired) electrons. The molecule has 1 unspecified atom stereocenters. The minimum absolute atomic E-state index is 0. The number of carboxylic acid groups (broad SMARTS) is 1. The van der Waals surface area contributed by atoms with E-state index in [9.17, 15) is 9.90 Å². The number of carboxylic acids is 1. The molecule has 2 aromatic rings. The molecule has 1 saturated heterocycles. The fourth-order valence-corrected chi connectivity index (χ4v) is 3.56. The number of hydrogen-bond acceptors (Lipinski definition) is 3. The van der Waals surface area contributed by atoms with Crippen LogP contribution < -0.4 is 0 Å². The smallest absolute Gasteiger partial charge is 0.307 e. The SMILES string of the molecule is Cc1ccccc1C(=COCCN1CCCC(C(=O)O)C1)c1ccccc1.Cl. The molecule has 0 amide bonds. The second kappa shape index (κ2) is 10.9. The van der Waals surface area contributed by atoms with Gasteiger partial charge < -0.3 is 9.84 Å². The number of aliphatic carboxylic acids is 1. The molecule has 4 nitrogen and oxygen atoms in total. The van der Waals surface area contributed by atoms with Crippen LogP contribution in [0.2, 0.25) is 0 Å². The quantitative estimate of drug-likeness (QED) is 0.543. The van der Waals surface area contributed by atoms with E-state index < -0.39 is 5.97 Å². The summed E-state index contributed by atoms with van der Waals surface area (Å²) < 4.78 is 5.91. The third kappa shape index (κ3) is 5.85. The maximum Gasteiger partial charge on any atom is 0.307 e. The van der Waals surface area contributed by atoms with Gasteiger partial charge in [-0.05, 0) is 43.0 Å². The Bertz CT molecular complexity index is 791. The molecule has 1 aliphatic rings. The fourth-order valence-electron chi connectivity index (χ4n) is 3.56. The molecule has 1 fully saturated rings.